The van der Waals surface area contributed by atoms with E-state index in [4.69, 9.17) is 4.74 Å². The Bertz CT molecular complexity index is 538. The van der Waals surface area contributed by atoms with Crippen LogP contribution in [-0.4, -0.2) is 13.2 Å². The lowest BCUT2D eigenvalue weighted by atomic mass is 10.1. The molecule has 19 heavy (non-hydrogen) atoms. The van der Waals surface area contributed by atoms with E-state index in [9.17, 15) is 4.39 Å². The smallest absolute Gasteiger partial charge is 0.132 e. The molecule has 0 bridgehead atoms. The molecule has 0 aliphatic heterocycles. The molecule has 0 unspecified atom stereocenters. The van der Waals surface area contributed by atoms with E-state index in [2.05, 4.69) is 19.2 Å². The number of fused-ring (bicyclic) bond motifs is 1. The lowest BCUT2D eigenvalue weighted by Gasteiger charge is -2.06. The molecular formula is C15H20FNOS. The Morgan fingerprint density at radius 1 is 1.32 bits per heavy atom. The monoisotopic (exact) mass is 281 g/mol. The molecule has 2 rings (SSSR count). The van der Waals surface area contributed by atoms with E-state index in [1.807, 2.05) is 6.07 Å². The third-order valence-corrected chi connectivity index (χ3v) is 4.17. The van der Waals surface area contributed by atoms with Gasteiger partial charge in [0.2, 0.25) is 0 Å². The van der Waals surface area contributed by atoms with Crippen molar-refractivity contribution in [2.45, 2.75) is 33.4 Å². The highest BCUT2D eigenvalue weighted by molar-refractivity contribution is 7.19. The van der Waals surface area contributed by atoms with Gasteiger partial charge in [-0.3, -0.25) is 0 Å². The van der Waals surface area contributed by atoms with Gasteiger partial charge in [0.25, 0.3) is 0 Å². The van der Waals surface area contributed by atoms with Crippen LogP contribution < -0.4 is 5.32 Å². The van der Waals surface area contributed by atoms with E-state index in [0.29, 0.717) is 13.2 Å². The Morgan fingerprint density at radius 3 is 2.89 bits per heavy atom. The van der Waals surface area contributed by atoms with Gasteiger partial charge in [0.05, 0.1) is 6.61 Å². The summed E-state index contributed by atoms with van der Waals surface area (Å²) in [5, 5.41) is 4.04. The van der Waals surface area contributed by atoms with Crippen molar-refractivity contribution in [2.75, 3.05) is 13.2 Å². The van der Waals surface area contributed by atoms with E-state index in [1.165, 1.54) is 10.9 Å². The van der Waals surface area contributed by atoms with Crippen LogP contribution in [-0.2, 0) is 17.9 Å². The largest absolute Gasteiger partial charge is 0.377 e. The summed E-state index contributed by atoms with van der Waals surface area (Å²) in [4.78, 5) is 1.18. The van der Waals surface area contributed by atoms with E-state index >= 15 is 0 Å². The second kappa shape index (κ2) is 6.98. The number of ether oxygens (including phenoxy) is 1. The van der Waals surface area contributed by atoms with E-state index in [-0.39, 0.29) is 5.82 Å². The molecule has 0 aliphatic carbocycles. The fourth-order valence-electron chi connectivity index (χ4n) is 2.07. The van der Waals surface area contributed by atoms with Gasteiger partial charge in [-0.1, -0.05) is 19.9 Å². The van der Waals surface area contributed by atoms with Gasteiger partial charge in [-0.15, -0.1) is 11.3 Å². The Morgan fingerprint density at radius 2 is 2.16 bits per heavy atom. The second-order valence-electron chi connectivity index (χ2n) is 4.45. The average molecular weight is 281 g/mol. The predicted molar refractivity (Wildman–Crippen MR) is 79.1 cm³/mol. The quantitative estimate of drug-likeness (QED) is 0.772. The highest BCUT2D eigenvalue weighted by atomic mass is 32.1. The van der Waals surface area contributed by atoms with Gasteiger partial charge >= 0.3 is 0 Å². The molecule has 1 heterocycles. The fraction of sp³-hybridized carbons (Fsp3) is 0.467. The van der Waals surface area contributed by atoms with E-state index < -0.39 is 0 Å². The molecule has 0 saturated heterocycles. The first kappa shape index (κ1) is 14.4. The molecule has 104 valence electrons. The zero-order valence-corrected chi connectivity index (χ0v) is 12.3. The maximum Gasteiger partial charge on any atom is 0.132 e. The van der Waals surface area contributed by atoms with Crippen molar-refractivity contribution in [2.24, 2.45) is 0 Å². The number of benzene rings is 1. The highest BCUT2D eigenvalue weighted by Crippen LogP contribution is 2.33. The maximum absolute atomic E-state index is 14.0. The molecule has 2 nitrogen and oxygen atoms in total. The summed E-state index contributed by atoms with van der Waals surface area (Å²) in [6.07, 6.45) is 0.979. The summed E-state index contributed by atoms with van der Waals surface area (Å²) >= 11 is 1.65. The lowest BCUT2D eigenvalue weighted by Crippen LogP contribution is -2.12. The van der Waals surface area contributed by atoms with Crippen molar-refractivity contribution < 1.29 is 9.13 Å². The van der Waals surface area contributed by atoms with Gasteiger partial charge in [-0.05, 0) is 25.1 Å². The molecule has 0 atom stereocenters. The Labute approximate surface area is 117 Å². The maximum atomic E-state index is 14.0. The third-order valence-electron chi connectivity index (χ3n) is 2.98. The van der Waals surface area contributed by atoms with Crippen molar-refractivity contribution in [1.82, 2.24) is 5.32 Å². The lowest BCUT2D eigenvalue weighted by molar-refractivity contribution is 0.122. The van der Waals surface area contributed by atoms with Gasteiger partial charge in [0.15, 0.2) is 0 Å². The summed E-state index contributed by atoms with van der Waals surface area (Å²) in [6.45, 7) is 7.04. The molecule has 4 heteroatoms. The standard InChI is InChI=1S/C15H20FNOS/c1-3-8-18-10-11-14(9-17-4-2)19-13-7-5-6-12(16)15(11)13/h5-7,17H,3-4,8-10H2,1-2H3. The van der Waals surface area contributed by atoms with Crippen LogP contribution in [0.1, 0.15) is 30.7 Å². The highest BCUT2D eigenvalue weighted by Gasteiger charge is 2.15. The Kier molecular flexibility index (Phi) is 5.31. The van der Waals surface area contributed by atoms with Gasteiger partial charge in [-0.2, -0.15) is 0 Å². The Hall–Kier alpha value is -0.970. The van der Waals surface area contributed by atoms with Crippen LogP contribution in [0.3, 0.4) is 0 Å². The normalized spacial score (nSPS) is 11.3. The molecular weight excluding hydrogens is 261 g/mol. The van der Waals surface area contributed by atoms with Crippen LogP contribution in [0.5, 0.6) is 0 Å². The molecule has 0 spiro atoms. The zero-order valence-electron chi connectivity index (χ0n) is 11.5. The topological polar surface area (TPSA) is 21.3 Å². The Balaban J connectivity index is 2.35. The fourth-order valence-corrected chi connectivity index (χ4v) is 3.26. The minimum atomic E-state index is -0.147. The molecule has 0 fully saturated rings. The SMILES string of the molecule is CCCOCc1c(CNCC)sc2cccc(F)c12. The molecule has 1 aromatic heterocycles. The van der Waals surface area contributed by atoms with Crippen molar-refractivity contribution in [1.29, 1.82) is 0 Å². The summed E-state index contributed by atoms with van der Waals surface area (Å²) < 4.78 is 20.6. The first-order valence-electron chi connectivity index (χ1n) is 6.75. The van der Waals surface area contributed by atoms with Gasteiger partial charge in [0.1, 0.15) is 5.82 Å². The number of rotatable bonds is 7. The van der Waals surface area contributed by atoms with Crippen LogP contribution in [0, 0.1) is 5.82 Å². The number of thiophene rings is 1. The number of nitrogens with one attached hydrogen (secondary N) is 1. The molecule has 2 aromatic rings. The minimum Gasteiger partial charge on any atom is -0.377 e. The molecule has 1 N–H and O–H groups in total. The number of hydrogen-bond donors (Lipinski definition) is 1. The van der Waals surface area contributed by atoms with Crippen LogP contribution in [0.4, 0.5) is 4.39 Å². The molecule has 0 aliphatic rings. The summed E-state index contributed by atoms with van der Waals surface area (Å²) in [5.41, 5.74) is 1.01. The van der Waals surface area contributed by atoms with Gasteiger partial charge < -0.3 is 10.1 Å². The van der Waals surface area contributed by atoms with Crippen LogP contribution >= 0.6 is 11.3 Å². The van der Waals surface area contributed by atoms with Crippen molar-refractivity contribution >= 4 is 21.4 Å². The second-order valence-corrected chi connectivity index (χ2v) is 5.59. The zero-order chi connectivity index (χ0) is 13.7. The van der Waals surface area contributed by atoms with Crippen molar-refractivity contribution in [3.8, 4) is 0 Å². The average Bonchev–Trinajstić information content (AvgIpc) is 2.76. The number of halogens is 1. The molecule has 0 amide bonds. The minimum absolute atomic E-state index is 0.147. The van der Waals surface area contributed by atoms with Crippen molar-refractivity contribution in [3.63, 3.8) is 0 Å². The predicted octanol–water partition coefficient (Wildman–Crippen LogP) is 4.08. The summed E-state index contributed by atoms with van der Waals surface area (Å²) in [6, 6.07) is 5.26. The third kappa shape index (κ3) is 3.32. The van der Waals surface area contributed by atoms with Gasteiger partial charge in [0, 0.05) is 33.7 Å². The van der Waals surface area contributed by atoms with Crippen LogP contribution in [0.15, 0.2) is 18.2 Å². The van der Waals surface area contributed by atoms with Crippen molar-refractivity contribution in [3.05, 3.63) is 34.5 Å². The molecule has 1 aromatic carbocycles. The molecule has 0 radical (unpaired) electrons. The van der Waals surface area contributed by atoms with E-state index in [1.54, 1.807) is 17.4 Å². The summed E-state index contributed by atoms with van der Waals surface area (Å²) in [5.74, 6) is -0.147. The summed E-state index contributed by atoms with van der Waals surface area (Å²) in [7, 11) is 0. The van der Waals surface area contributed by atoms with Crippen LogP contribution in [0.25, 0.3) is 10.1 Å². The first-order chi connectivity index (χ1) is 9.27. The molecule has 0 saturated carbocycles. The van der Waals surface area contributed by atoms with Gasteiger partial charge in [-0.25, -0.2) is 4.39 Å². The first-order valence-corrected chi connectivity index (χ1v) is 7.56. The van der Waals surface area contributed by atoms with Crippen LogP contribution in [0.2, 0.25) is 0 Å². The van der Waals surface area contributed by atoms with E-state index in [0.717, 1.165) is 35.2 Å². The number of hydrogen-bond acceptors (Lipinski definition) is 3.